The molecule has 0 saturated carbocycles. The predicted octanol–water partition coefficient (Wildman–Crippen LogP) is 3.49. The van der Waals surface area contributed by atoms with Gasteiger partial charge in [-0.15, -0.1) is 0 Å². The molecule has 1 N–H and O–H groups in total. The molecule has 0 radical (unpaired) electrons. The van der Waals surface area contributed by atoms with E-state index in [-0.39, 0.29) is 18.1 Å². The molecule has 29 heavy (non-hydrogen) atoms. The zero-order chi connectivity index (χ0) is 20.2. The standard InChI is InChI=1S/C22H18N4O3/c1-26-12-11-23-21(26)20(28)15-7-9-17(10-8-15)24-19(27)13-18-14-29-22(25-18)16-5-3-2-4-6-16/h2-12,14H,13H2,1H3,(H,24,27). The number of aromatic nitrogens is 3. The molecule has 144 valence electrons. The van der Waals surface area contributed by atoms with E-state index in [0.29, 0.717) is 28.7 Å². The summed E-state index contributed by atoms with van der Waals surface area (Å²) < 4.78 is 7.12. The number of anilines is 1. The fourth-order valence-electron chi connectivity index (χ4n) is 2.89. The first-order valence-corrected chi connectivity index (χ1v) is 9.02. The van der Waals surface area contributed by atoms with Crippen LogP contribution in [-0.4, -0.2) is 26.2 Å². The number of amides is 1. The Hall–Kier alpha value is -4.00. The Kier molecular flexibility index (Phi) is 5.03. The van der Waals surface area contributed by atoms with Gasteiger partial charge in [-0.3, -0.25) is 9.59 Å². The van der Waals surface area contributed by atoms with Gasteiger partial charge in [-0.05, 0) is 36.4 Å². The van der Waals surface area contributed by atoms with Crippen LogP contribution in [0.15, 0.2) is 77.7 Å². The number of benzene rings is 2. The molecule has 1 amide bonds. The number of hydrogen-bond donors (Lipinski definition) is 1. The number of carbonyl (C=O) groups is 2. The van der Waals surface area contributed by atoms with E-state index in [1.54, 1.807) is 48.3 Å². The Morgan fingerprint density at radius 1 is 1.07 bits per heavy atom. The number of nitrogens with zero attached hydrogens (tertiary/aromatic N) is 3. The summed E-state index contributed by atoms with van der Waals surface area (Å²) in [5.74, 6) is 0.445. The highest BCUT2D eigenvalue weighted by Gasteiger charge is 2.14. The maximum absolute atomic E-state index is 12.4. The van der Waals surface area contributed by atoms with Crippen molar-refractivity contribution in [2.45, 2.75) is 6.42 Å². The van der Waals surface area contributed by atoms with Crippen LogP contribution in [0.1, 0.15) is 21.9 Å². The number of ketones is 1. The highest BCUT2D eigenvalue weighted by atomic mass is 16.3. The van der Waals surface area contributed by atoms with Crippen molar-refractivity contribution in [3.8, 4) is 11.5 Å². The molecule has 0 spiro atoms. The molecule has 7 nitrogen and oxygen atoms in total. The molecule has 2 aromatic carbocycles. The Morgan fingerprint density at radius 3 is 2.52 bits per heavy atom. The third-order valence-electron chi connectivity index (χ3n) is 4.37. The molecule has 0 aliphatic heterocycles. The summed E-state index contributed by atoms with van der Waals surface area (Å²) in [5.41, 5.74) is 2.49. The Labute approximate surface area is 167 Å². The van der Waals surface area contributed by atoms with Crippen molar-refractivity contribution in [1.82, 2.24) is 14.5 Å². The van der Waals surface area contributed by atoms with E-state index < -0.39 is 0 Å². The van der Waals surface area contributed by atoms with Gasteiger partial charge in [0.2, 0.25) is 17.6 Å². The normalized spacial score (nSPS) is 10.7. The average Bonchev–Trinajstić information content (AvgIpc) is 3.37. The van der Waals surface area contributed by atoms with E-state index in [2.05, 4.69) is 15.3 Å². The van der Waals surface area contributed by atoms with Crippen LogP contribution in [0.2, 0.25) is 0 Å². The first-order chi connectivity index (χ1) is 14.1. The second kappa shape index (κ2) is 7.93. The fraction of sp³-hybridized carbons (Fsp3) is 0.0909. The van der Waals surface area contributed by atoms with E-state index in [9.17, 15) is 9.59 Å². The van der Waals surface area contributed by atoms with Crippen LogP contribution in [0.25, 0.3) is 11.5 Å². The quantitative estimate of drug-likeness (QED) is 0.512. The Morgan fingerprint density at radius 2 is 1.83 bits per heavy atom. The van der Waals surface area contributed by atoms with Gasteiger partial charge in [0.15, 0.2) is 5.82 Å². The lowest BCUT2D eigenvalue weighted by molar-refractivity contribution is -0.115. The second-order valence-electron chi connectivity index (χ2n) is 6.50. The fourth-order valence-corrected chi connectivity index (χ4v) is 2.89. The van der Waals surface area contributed by atoms with Crippen molar-refractivity contribution in [3.05, 3.63) is 90.3 Å². The SMILES string of the molecule is Cn1ccnc1C(=O)c1ccc(NC(=O)Cc2coc(-c3ccccc3)n2)cc1. The number of rotatable bonds is 6. The number of imidazole rings is 1. The maximum Gasteiger partial charge on any atom is 0.230 e. The minimum absolute atomic E-state index is 0.0876. The number of oxazole rings is 1. The molecule has 0 fully saturated rings. The molecular formula is C22H18N4O3. The third-order valence-corrected chi connectivity index (χ3v) is 4.37. The average molecular weight is 386 g/mol. The summed E-state index contributed by atoms with van der Waals surface area (Å²) in [6, 6.07) is 16.2. The van der Waals surface area contributed by atoms with E-state index in [1.807, 2.05) is 30.3 Å². The van der Waals surface area contributed by atoms with Gasteiger partial charge in [-0.25, -0.2) is 9.97 Å². The van der Waals surface area contributed by atoms with E-state index in [4.69, 9.17) is 4.42 Å². The smallest absolute Gasteiger partial charge is 0.230 e. The summed E-state index contributed by atoms with van der Waals surface area (Å²) >= 11 is 0. The van der Waals surface area contributed by atoms with Crippen LogP contribution < -0.4 is 5.32 Å². The molecule has 2 heterocycles. The van der Waals surface area contributed by atoms with Crippen LogP contribution in [0.5, 0.6) is 0 Å². The topological polar surface area (TPSA) is 90.0 Å². The molecular weight excluding hydrogens is 368 g/mol. The number of aryl methyl sites for hydroxylation is 1. The second-order valence-corrected chi connectivity index (χ2v) is 6.50. The van der Waals surface area contributed by atoms with Crippen molar-refractivity contribution in [2.24, 2.45) is 7.05 Å². The van der Waals surface area contributed by atoms with E-state index in [1.165, 1.54) is 6.26 Å². The minimum atomic E-state index is -0.221. The van der Waals surface area contributed by atoms with Crippen molar-refractivity contribution in [3.63, 3.8) is 0 Å². The zero-order valence-electron chi connectivity index (χ0n) is 15.7. The van der Waals surface area contributed by atoms with Gasteiger partial charge in [-0.1, -0.05) is 18.2 Å². The van der Waals surface area contributed by atoms with Crippen molar-refractivity contribution in [1.29, 1.82) is 0 Å². The summed E-state index contributed by atoms with van der Waals surface area (Å²) in [7, 11) is 1.77. The lowest BCUT2D eigenvalue weighted by atomic mass is 10.1. The number of nitrogens with one attached hydrogen (secondary N) is 1. The molecule has 0 bridgehead atoms. The molecule has 0 aliphatic rings. The summed E-state index contributed by atoms with van der Waals surface area (Å²) in [4.78, 5) is 33.2. The minimum Gasteiger partial charge on any atom is -0.444 e. The van der Waals surface area contributed by atoms with Crippen LogP contribution in [-0.2, 0) is 18.3 Å². The Bertz CT molecular complexity index is 1140. The molecule has 4 rings (SSSR count). The molecule has 2 aromatic heterocycles. The van der Waals surface area contributed by atoms with Crippen molar-refractivity contribution in [2.75, 3.05) is 5.32 Å². The van der Waals surface area contributed by atoms with Gasteiger partial charge < -0.3 is 14.3 Å². The molecule has 7 heteroatoms. The highest BCUT2D eigenvalue weighted by molar-refractivity contribution is 6.07. The van der Waals surface area contributed by atoms with E-state index in [0.717, 1.165) is 5.56 Å². The first kappa shape index (κ1) is 18.4. The lowest BCUT2D eigenvalue weighted by Crippen LogP contribution is -2.15. The van der Waals surface area contributed by atoms with Gasteiger partial charge in [0.25, 0.3) is 0 Å². The van der Waals surface area contributed by atoms with Gasteiger partial charge in [0.05, 0.1) is 12.1 Å². The van der Waals surface area contributed by atoms with Gasteiger partial charge >= 0.3 is 0 Å². The Balaban J connectivity index is 1.38. The van der Waals surface area contributed by atoms with Crippen LogP contribution in [0, 0.1) is 0 Å². The lowest BCUT2D eigenvalue weighted by Gasteiger charge is -2.06. The predicted molar refractivity (Wildman–Crippen MR) is 107 cm³/mol. The molecule has 0 unspecified atom stereocenters. The van der Waals surface area contributed by atoms with Gasteiger partial charge in [0.1, 0.15) is 6.26 Å². The van der Waals surface area contributed by atoms with Crippen molar-refractivity contribution >= 4 is 17.4 Å². The van der Waals surface area contributed by atoms with E-state index >= 15 is 0 Å². The molecule has 4 aromatic rings. The van der Waals surface area contributed by atoms with Crippen LogP contribution in [0.3, 0.4) is 0 Å². The molecule has 0 saturated heterocycles. The number of hydrogen-bond acceptors (Lipinski definition) is 5. The highest BCUT2D eigenvalue weighted by Crippen LogP contribution is 2.18. The molecule has 0 aliphatic carbocycles. The van der Waals surface area contributed by atoms with Crippen LogP contribution >= 0.6 is 0 Å². The van der Waals surface area contributed by atoms with Gasteiger partial charge in [0, 0.05) is 36.3 Å². The van der Waals surface area contributed by atoms with Crippen molar-refractivity contribution < 1.29 is 14.0 Å². The summed E-state index contributed by atoms with van der Waals surface area (Å²) in [5, 5.41) is 2.80. The monoisotopic (exact) mass is 386 g/mol. The largest absolute Gasteiger partial charge is 0.444 e. The summed E-state index contributed by atoms with van der Waals surface area (Å²) in [6.45, 7) is 0. The van der Waals surface area contributed by atoms with Gasteiger partial charge in [-0.2, -0.15) is 0 Å². The third kappa shape index (κ3) is 4.14. The maximum atomic E-state index is 12.4. The first-order valence-electron chi connectivity index (χ1n) is 9.02. The number of carbonyl (C=O) groups excluding carboxylic acids is 2. The zero-order valence-corrected chi connectivity index (χ0v) is 15.7. The molecule has 0 atom stereocenters. The summed E-state index contributed by atoms with van der Waals surface area (Å²) in [6.07, 6.45) is 4.87. The van der Waals surface area contributed by atoms with Crippen LogP contribution in [0.4, 0.5) is 5.69 Å².